The van der Waals surface area contributed by atoms with Gasteiger partial charge in [-0.05, 0) is 19.1 Å². The number of rotatable bonds is 4. The summed E-state index contributed by atoms with van der Waals surface area (Å²) in [7, 11) is 0. The molecule has 0 aliphatic carbocycles. The maximum absolute atomic E-state index is 11.2. The van der Waals surface area contributed by atoms with Gasteiger partial charge in [0.25, 0.3) is 0 Å². The smallest absolute Gasteiger partial charge is 0.339 e. The Balaban J connectivity index is 2.61. The van der Waals surface area contributed by atoms with Gasteiger partial charge < -0.3 is 10.2 Å². The lowest BCUT2D eigenvalue weighted by Crippen LogP contribution is -2.08. The van der Waals surface area contributed by atoms with Crippen molar-refractivity contribution in [3.05, 3.63) is 47.3 Å². The number of carboxylic acid groups (broad SMARTS) is 1. The fraction of sp³-hybridized carbons (Fsp3) is 0.231. The van der Waals surface area contributed by atoms with E-state index in [1.807, 2.05) is 30.3 Å². The number of aromatic carboxylic acids is 1. The number of aromatic nitrogens is 2. The van der Waals surface area contributed by atoms with E-state index >= 15 is 0 Å². The molecule has 5 nitrogen and oxygen atoms in total. The Morgan fingerprint density at radius 3 is 2.56 bits per heavy atom. The van der Waals surface area contributed by atoms with Gasteiger partial charge in [0.1, 0.15) is 5.56 Å². The van der Waals surface area contributed by atoms with Crippen molar-refractivity contribution in [2.45, 2.75) is 13.3 Å². The van der Waals surface area contributed by atoms with Crippen LogP contribution in [0.1, 0.15) is 21.7 Å². The van der Waals surface area contributed by atoms with Gasteiger partial charge in [0.2, 0.25) is 0 Å². The van der Waals surface area contributed by atoms with E-state index in [9.17, 15) is 9.90 Å². The second-order valence-electron chi connectivity index (χ2n) is 3.93. The highest BCUT2D eigenvalue weighted by atomic mass is 16.4. The van der Waals surface area contributed by atoms with Gasteiger partial charge in [-0.1, -0.05) is 18.2 Å². The van der Waals surface area contributed by atoms with Gasteiger partial charge in [-0.2, -0.15) is 5.10 Å². The van der Waals surface area contributed by atoms with E-state index in [-0.39, 0.29) is 18.6 Å². The molecular formula is C13H14N2O3. The number of aliphatic hydroxyl groups excluding tert-OH is 1. The summed E-state index contributed by atoms with van der Waals surface area (Å²) in [5.74, 6) is -1.02. The lowest BCUT2D eigenvalue weighted by atomic mass is 10.1. The number of para-hydroxylation sites is 1. The van der Waals surface area contributed by atoms with Crippen LogP contribution >= 0.6 is 0 Å². The molecule has 0 unspecified atom stereocenters. The first-order valence-electron chi connectivity index (χ1n) is 5.63. The van der Waals surface area contributed by atoms with Gasteiger partial charge in [-0.15, -0.1) is 0 Å². The van der Waals surface area contributed by atoms with Gasteiger partial charge in [-0.25, -0.2) is 9.48 Å². The predicted molar refractivity (Wildman–Crippen MR) is 66.1 cm³/mol. The molecule has 0 aliphatic heterocycles. The maximum Gasteiger partial charge on any atom is 0.339 e. The molecule has 5 heteroatoms. The molecule has 0 spiro atoms. The summed E-state index contributed by atoms with van der Waals surface area (Å²) in [6.45, 7) is 1.54. The number of hydrogen-bond acceptors (Lipinski definition) is 3. The van der Waals surface area contributed by atoms with Crippen molar-refractivity contribution in [3.63, 3.8) is 0 Å². The normalized spacial score (nSPS) is 10.6. The highest BCUT2D eigenvalue weighted by Gasteiger charge is 2.20. The van der Waals surface area contributed by atoms with Gasteiger partial charge in [0.15, 0.2) is 0 Å². The van der Waals surface area contributed by atoms with Gasteiger partial charge >= 0.3 is 5.97 Å². The number of aryl methyl sites for hydroxylation is 1. The second kappa shape index (κ2) is 5.01. The lowest BCUT2D eigenvalue weighted by molar-refractivity contribution is 0.0694. The molecule has 94 valence electrons. The van der Waals surface area contributed by atoms with Crippen molar-refractivity contribution in [1.82, 2.24) is 9.78 Å². The van der Waals surface area contributed by atoms with Crippen molar-refractivity contribution in [2.24, 2.45) is 0 Å². The molecule has 0 atom stereocenters. The van der Waals surface area contributed by atoms with Crippen LogP contribution in [-0.4, -0.2) is 32.6 Å². The quantitative estimate of drug-likeness (QED) is 0.855. The number of nitrogens with zero attached hydrogens (tertiary/aromatic N) is 2. The molecule has 0 radical (unpaired) electrons. The van der Waals surface area contributed by atoms with E-state index in [2.05, 4.69) is 5.10 Å². The standard InChI is InChI=1S/C13H14N2O3/c1-9-12(13(17)18)11(7-8-16)15(14-9)10-5-3-2-4-6-10/h2-6,16H,7-8H2,1H3,(H,17,18). The Hall–Kier alpha value is -2.14. The number of hydrogen-bond donors (Lipinski definition) is 2. The Morgan fingerprint density at radius 2 is 2.00 bits per heavy atom. The largest absolute Gasteiger partial charge is 0.478 e. The number of benzene rings is 1. The molecule has 0 aliphatic rings. The van der Waals surface area contributed by atoms with E-state index in [4.69, 9.17) is 5.11 Å². The zero-order chi connectivity index (χ0) is 13.1. The van der Waals surface area contributed by atoms with Crippen LogP contribution in [0.3, 0.4) is 0 Å². The summed E-state index contributed by atoms with van der Waals surface area (Å²) < 4.78 is 1.58. The topological polar surface area (TPSA) is 75.3 Å². The van der Waals surface area contributed by atoms with E-state index in [1.54, 1.807) is 11.6 Å². The Labute approximate surface area is 104 Å². The van der Waals surface area contributed by atoms with Gasteiger partial charge in [-0.3, -0.25) is 0 Å². The van der Waals surface area contributed by atoms with Crippen LogP contribution in [0.5, 0.6) is 0 Å². The molecule has 0 saturated carbocycles. The highest BCUT2D eigenvalue weighted by molar-refractivity contribution is 5.90. The van der Waals surface area contributed by atoms with Gasteiger partial charge in [0.05, 0.1) is 17.1 Å². The number of carboxylic acids is 1. The molecule has 1 heterocycles. The Morgan fingerprint density at radius 1 is 1.33 bits per heavy atom. The fourth-order valence-corrected chi connectivity index (χ4v) is 1.97. The zero-order valence-electron chi connectivity index (χ0n) is 10.00. The summed E-state index contributed by atoms with van der Waals surface area (Å²) in [6, 6.07) is 9.28. The molecule has 2 N–H and O–H groups in total. The molecule has 1 aromatic heterocycles. The summed E-state index contributed by atoms with van der Waals surface area (Å²) in [6.07, 6.45) is 0.261. The first kappa shape index (κ1) is 12.3. The van der Waals surface area contributed by atoms with Crippen molar-refractivity contribution in [1.29, 1.82) is 0 Å². The molecular weight excluding hydrogens is 232 g/mol. The lowest BCUT2D eigenvalue weighted by Gasteiger charge is -2.06. The minimum atomic E-state index is -1.02. The first-order valence-corrected chi connectivity index (χ1v) is 5.63. The molecule has 0 fully saturated rings. The molecule has 2 aromatic rings. The zero-order valence-corrected chi connectivity index (χ0v) is 10.00. The van der Waals surface area contributed by atoms with Crippen LogP contribution in [0.4, 0.5) is 0 Å². The monoisotopic (exact) mass is 246 g/mol. The van der Waals surface area contributed by atoms with Crippen LogP contribution < -0.4 is 0 Å². The van der Waals surface area contributed by atoms with E-state index < -0.39 is 5.97 Å². The van der Waals surface area contributed by atoms with Crippen LogP contribution in [-0.2, 0) is 6.42 Å². The highest BCUT2D eigenvalue weighted by Crippen LogP contribution is 2.19. The van der Waals surface area contributed by atoms with E-state index in [0.717, 1.165) is 5.69 Å². The SMILES string of the molecule is Cc1nn(-c2ccccc2)c(CCO)c1C(=O)O. The van der Waals surface area contributed by atoms with E-state index in [1.165, 1.54) is 0 Å². The van der Waals surface area contributed by atoms with Gasteiger partial charge in [0, 0.05) is 13.0 Å². The Bertz CT molecular complexity index is 561. The summed E-state index contributed by atoms with van der Waals surface area (Å²) >= 11 is 0. The van der Waals surface area contributed by atoms with Crippen molar-refractivity contribution in [2.75, 3.05) is 6.61 Å². The minimum Gasteiger partial charge on any atom is -0.478 e. The number of carbonyl (C=O) groups is 1. The molecule has 0 saturated heterocycles. The molecule has 18 heavy (non-hydrogen) atoms. The molecule has 1 aromatic carbocycles. The minimum absolute atomic E-state index is 0.113. The van der Waals surface area contributed by atoms with Crippen LogP contribution in [0.25, 0.3) is 5.69 Å². The van der Waals surface area contributed by atoms with Crippen molar-refractivity contribution in [3.8, 4) is 5.69 Å². The predicted octanol–water partition coefficient (Wildman–Crippen LogP) is 1.41. The van der Waals surface area contributed by atoms with Crippen LogP contribution in [0, 0.1) is 6.92 Å². The third kappa shape index (κ3) is 2.12. The van der Waals surface area contributed by atoms with E-state index in [0.29, 0.717) is 11.4 Å². The summed E-state index contributed by atoms with van der Waals surface area (Å²) in [5.41, 5.74) is 1.94. The maximum atomic E-state index is 11.2. The summed E-state index contributed by atoms with van der Waals surface area (Å²) in [4.78, 5) is 11.2. The third-order valence-electron chi connectivity index (χ3n) is 2.72. The first-order chi connectivity index (χ1) is 8.65. The fourth-order valence-electron chi connectivity index (χ4n) is 1.97. The van der Waals surface area contributed by atoms with Crippen molar-refractivity contribution >= 4 is 5.97 Å². The molecule has 0 amide bonds. The van der Waals surface area contributed by atoms with Crippen LogP contribution in [0.2, 0.25) is 0 Å². The second-order valence-corrected chi connectivity index (χ2v) is 3.93. The molecule has 2 rings (SSSR count). The number of aliphatic hydroxyl groups is 1. The van der Waals surface area contributed by atoms with Crippen molar-refractivity contribution < 1.29 is 15.0 Å². The Kier molecular flexibility index (Phi) is 3.43. The molecule has 0 bridgehead atoms. The average molecular weight is 246 g/mol. The third-order valence-corrected chi connectivity index (χ3v) is 2.72. The average Bonchev–Trinajstić information content (AvgIpc) is 2.68. The summed E-state index contributed by atoms with van der Waals surface area (Å²) in [5, 5.41) is 22.5. The van der Waals surface area contributed by atoms with Crippen LogP contribution in [0.15, 0.2) is 30.3 Å².